The van der Waals surface area contributed by atoms with Gasteiger partial charge in [0.2, 0.25) is 4.38 Å². The van der Waals surface area contributed by atoms with Crippen molar-refractivity contribution < 1.29 is 9.53 Å². The smallest absolute Gasteiger partial charge is 0.220 e. The molecular weight excluding hydrogens is 276 g/mol. The second-order valence-corrected chi connectivity index (χ2v) is 7.45. The van der Waals surface area contributed by atoms with E-state index in [1.54, 1.807) is 11.8 Å². The Bertz CT molecular complexity index is 394. The molecule has 106 valence electrons. The molecule has 4 atom stereocenters. The van der Waals surface area contributed by atoms with E-state index in [0.717, 1.165) is 19.3 Å². The molecule has 0 heterocycles. The Morgan fingerprint density at radius 3 is 2.95 bits per heavy atom. The van der Waals surface area contributed by atoms with E-state index in [1.807, 2.05) is 13.0 Å². The molecule has 2 rings (SSSR count). The first-order valence-electron chi connectivity index (χ1n) is 7.03. The molecule has 0 radical (unpaired) electrons. The monoisotopic (exact) mass is 298 g/mol. The number of carbonyl (C=O) groups excluding carboxylic acids is 1. The van der Waals surface area contributed by atoms with E-state index in [2.05, 4.69) is 13.5 Å². The summed E-state index contributed by atoms with van der Waals surface area (Å²) < 4.78 is 6.03. The molecule has 4 heteroatoms. The highest BCUT2D eigenvalue weighted by atomic mass is 32.2. The van der Waals surface area contributed by atoms with Gasteiger partial charge in [-0.05, 0) is 50.2 Å². The van der Waals surface area contributed by atoms with Crippen molar-refractivity contribution in [2.45, 2.75) is 44.8 Å². The summed E-state index contributed by atoms with van der Waals surface area (Å²) in [4.78, 5) is 12.4. The van der Waals surface area contributed by atoms with Gasteiger partial charge in [0.15, 0.2) is 0 Å². The van der Waals surface area contributed by atoms with Crippen LogP contribution in [0.4, 0.5) is 0 Å². The third-order valence-electron chi connectivity index (χ3n) is 4.83. The second kappa shape index (κ2) is 5.96. The molecular formula is C15H22O2S2. The van der Waals surface area contributed by atoms with Crippen LogP contribution in [0.2, 0.25) is 0 Å². The van der Waals surface area contributed by atoms with Gasteiger partial charge in [-0.25, -0.2) is 0 Å². The predicted molar refractivity (Wildman–Crippen MR) is 84.4 cm³/mol. The first-order chi connectivity index (χ1) is 9.03. The Balaban J connectivity index is 2.15. The van der Waals surface area contributed by atoms with Gasteiger partial charge in [0, 0.05) is 17.1 Å². The van der Waals surface area contributed by atoms with E-state index in [-0.39, 0.29) is 5.41 Å². The number of fused-ring (bicyclic) bond motifs is 1. The molecule has 2 aliphatic rings. The summed E-state index contributed by atoms with van der Waals surface area (Å²) in [6.45, 7) is 8.62. The molecule has 0 unspecified atom stereocenters. The number of thiocarbonyl (C=S) groups is 1. The standard InChI is InChI=1S/C15H22O2S2/c1-4-10-6-7-11-12(19-14(18)17-5-2)8-9-13(16)15(10,11)3/h4,10-12H,1,5-9H2,2-3H3/t10-,11-,12+,15+/m0/s1. The maximum Gasteiger partial charge on any atom is 0.220 e. The van der Waals surface area contributed by atoms with Gasteiger partial charge in [0.05, 0.1) is 6.61 Å². The SMILES string of the molecule is C=C[C@H]1CC[C@H]2[C@H](SC(=S)OCC)CCC(=O)[C@]12C. The molecule has 0 N–H and O–H groups in total. The van der Waals surface area contributed by atoms with E-state index < -0.39 is 0 Å². The van der Waals surface area contributed by atoms with Crippen LogP contribution in [0.15, 0.2) is 12.7 Å². The molecule has 0 aliphatic heterocycles. The number of carbonyl (C=O) groups is 1. The third-order valence-corrected chi connectivity index (χ3v) is 6.41. The van der Waals surface area contributed by atoms with Gasteiger partial charge in [-0.3, -0.25) is 4.79 Å². The van der Waals surface area contributed by atoms with Crippen LogP contribution in [-0.4, -0.2) is 22.0 Å². The van der Waals surface area contributed by atoms with Crippen molar-refractivity contribution in [1.82, 2.24) is 0 Å². The largest absolute Gasteiger partial charge is 0.479 e. The van der Waals surface area contributed by atoms with Crippen molar-refractivity contribution in [1.29, 1.82) is 0 Å². The van der Waals surface area contributed by atoms with Crippen molar-refractivity contribution in [3.05, 3.63) is 12.7 Å². The topological polar surface area (TPSA) is 26.3 Å². The van der Waals surface area contributed by atoms with Crippen LogP contribution in [0.25, 0.3) is 0 Å². The summed E-state index contributed by atoms with van der Waals surface area (Å²) in [7, 11) is 0. The molecule has 0 aromatic carbocycles. The van der Waals surface area contributed by atoms with E-state index in [0.29, 0.717) is 40.3 Å². The summed E-state index contributed by atoms with van der Waals surface area (Å²) in [5.41, 5.74) is -0.223. The van der Waals surface area contributed by atoms with E-state index in [4.69, 9.17) is 17.0 Å². The molecule has 0 amide bonds. The Hall–Kier alpha value is -0.350. The van der Waals surface area contributed by atoms with Crippen LogP contribution in [-0.2, 0) is 9.53 Å². The lowest BCUT2D eigenvalue weighted by atomic mass is 9.64. The van der Waals surface area contributed by atoms with Crippen molar-refractivity contribution in [2.75, 3.05) is 6.61 Å². The number of Topliss-reactive ketones (excluding diaryl/α,β-unsaturated/α-hetero) is 1. The molecule has 2 nitrogen and oxygen atoms in total. The number of ether oxygens (including phenoxy) is 1. The van der Waals surface area contributed by atoms with Crippen LogP contribution >= 0.6 is 24.0 Å². The lowest BCUT2D eigenvalue weighted by Crippen LogP contribution is -2.45. The van der Waals surface area contributed by atoms with Gasteiger partial charge < -0.3 is 4.74 Å². The normalized spacial score (nSPS) is 37.8. The summed E-state index contributed by atoms with van der Waals surface area (Å²) in [5.74, 6) is 1.16. The van der Waals surface area contributed by atoms with E-state index >= 15 is 0 Å². The Labute approximate surface area is 125 Å². The second-order valence-electron chi connectivity index (χ2n) is 5.61. The molecule has 0 spiro atoms. The zero-order valence-corrected chi connectivity index (χ0v) is 13.3. The van der Waals surface area contributed by atoms with Crippen molar-refractivity contribution >= 4 is 34.1 Å². The summed E-state index contributed by atoms with van der Waals surface area (Å²) >= 11 is 6.91. The first-order valence-corrected chi connectivity index (χ1v) is 8.32. The average molecular weight is 298 g/mol. The first kappa shape index (κ1) is 15.0. The Morgan fingerprint density at radius 2 is 2.32 bits per heavy atom. The Morgan fingerprint density at radius 1 is 1.58 bits per heavy atom. The number of allylic oxidation sites excluding steroid dienone is 1. The maximum absolute atomic E-state index is 12.4. The highest BCUT2D eigenvalue weighted by Crippen LogP contribution is 2.56. The molecule has 0 aromatic heterocycles. The fraction of sp³-hybridized carbons (Fsp3) is 0.733. The maximum atomic E-state index is 12.4. The minimum Gasteiger partial charge on any atom is -0.479 e. The van der Waals surface area contributed by atoms with Crippen molar-refractivity contribution in [3.8, 4) is 0 Å². The van der Waals surface area contributed by atoms with Gasteiger partial charge in [-0.15, -0.1) is 6.58 Å². The quantitative estimate of drug-likeness (QED) is 0.581. The summed E-state index contributed by atoms with van der Waals surface area (Å²) in [6.07, 6.45) is 5.76. The number of rotatable bonds is 3. The molecule has 0 saturated heterocycles. The summed E-state index contributed by atoms with van der Waals surface area (Å²) in [5, 5.41) is 0.423. The van der Waals surface area contributed by atoms with Gasteiger partial charge in [0.25, 0.3) is 0 Å². The number of thioether (sulfide) groups is 1. The van der Waals surface area contributed by atoms with E-state index in [9.17, 15) is 4.79 Å². The lowest BCUT2D eigenvalue weighted by Gasteiger charge is -2.42. The van der Waals surface area contributed by atoms with E-state index in [1.165, 1.54) is 0 Å². The van der Waals surface area contributed by atoms with Crippen molar-refractivity contribution in [2.24, 2.45) is 17.3 Å². The zero-order chi connectivity index (χ0) is 14.0. The van der Waals surface area contributed by atoms with Crippen LogP contribution in [0.5, 0.6) is 0 Å². The predicted octanol–water partition coefficient (Wildman–Crippen LogP) is 3.99. The fourth-order valence-corrected chi connectivity index (χ4v) is 5.48. The van der Waals surface area contributed by atoms with Gasteiger partial charge in [0.1, 0.15) is 5.78 Å². The number of hydrogen-bond acceptors (Lipinski definition) is 4. The highest BCUT2D eigenvalue weighted by Gasteiger charge is 2.55. The highest BCUT2D eigenvalue weighted by molar-refractivity contribution is 8.23. The van der Waals surface area contributed by atoms with Crippen LogP contribution < -0.4 is 0 Å². The minimum absolute atomic E-state index is 0.223. The fourth-order valence-electron chi connectivity index (χ4n) is 3.74. The Kier molecular flexibility index (Phi) is 4.72. The van der Waals surface area contributed by atoms with Crippen molar-refractivity contribution in [3.63, 3.8) is 0 Å². The molecule has 2 saturated carbocycles. The molecule has 2 aliphatic carbocycles. The molecule has 2 fully saturated rings. The molecule has 0 bridgehead atoms. The molecule has 0 aromatic rings. The van der Waals surface area contributed by atoms with Gasteiger partial charge in [-0.1, -0.05) is 24.8 Å². The van der Waals surface area contributed by atoms with Crippen LogP contribution in [0.3, 0.4) is 0 Å². The van der Waals surface area contributed by atoms with Crippen LogP contribution in [0, 0.1) is 17.3 Å². The number of hydrogen-bond donors (Lipinski definition) is 0. The van der Waals surface area contributed by atoms with Crippen LogP contribution in [0.1, 0.15) is 39.5 Å². The molecule has 19 heavy (non-hydrogen) atoms. The lowest BCUT2D eigenvalue weighted by molar-refractivity contribution is -0.133. The summed E-state index contributed by atoms with van der Waals surface area (Å²) in [6, 6.07) is 0. The van der Waals surface area contributed by atoms with Gasteiger partial charge in [-0.2, -0.15) is 0 Å². The third kappa shape index (κ3) is 2.62. The number of ketones is 1. The minimum atomic E-state index is -0.223. The van der Waals surface area contributed by atoms with Gasteiger partial charge >= 0.3 is 0 Å². The zero-order valence-electron chi connectivity index (χ0n) is 11.7. The average Bonchev–Trinajstić information content (AvgIpc) is 2.72.